The Balaban J connectivity index is 1.43. The van der Waals surface area contributed by atoms with E-state index in [-0.39, 0.29) is 19.2 Å². The number of hydrogen-bond donors (Lipinski definition) is 1. The van der Waals surface area contributed by atoms with Crippen molar-refractivity contribution >= 4 is 28.6 Å². The number of nitrogens with zero attached hydrogens (tertiary/aromatic N) is 7. The first-order valence-electron chi connectivity index (χ1n) is 11.3. The normalized spacial score (nSPS) is 14.3. The van der Waals surface area contributed by atoms with Gasteiger partial charge in [-0.15, -0.1) is 0 Å². The quantitative estimate of drug-likeness (QED) is 0.365. The molecular formula is C25H21F2N8O2+. The molecule has 10 nitrogen and oxygen atoms in total. The summed E-state index contributed by atoms with van der Waals surface area (Å²) in [5.74, 6) is -0.868. The summed E-state index contributed by atoms with van der Waals surface area (Å²) in [6.07, 6.45) is 10.5. The van der Waals surface area contributed by atoms with Crippen LogP contribution in [0.5, 0.6) is 11.9 Å². The van der Waals surface area contributed by atoms with Gasteiger partial charge in [0.05, 0.1) is 31.6 Å². The number of aromatic nitrogens is 7. The fourth-order valence-electron chi connectivity index (χ4n) is 4.38. The standard InChI is InChI=1S/C25H20F2N8O2/c1-33-11-16(9-31-33)13-37-25-32-23-21(35(25)12-15-5-17(26)7-18(27)6-15)8-19(10-28-23)34-4-3-20-22(34)24(36-2)30-14-29-20/h3-11,14H,12-13H2,1-2H3/p+1. The third-order valence-corrected chi connectivity index (χ3v) is 5.98. The molecule has 0 amide bonds. The van der Waals surface area contributed by atoms with E-state index in [1.54, 1.807) is 28.8 Å². The summed E-state index contributed by atoms with van der Waals surface area (Å²) in [6, 6.07) is 5.57. The van der Waals surface area contributed by atoms with E-state index in [0.29, 0.717) is 22.6 Å². The van der Waals surface area contributed by atoms with Crippen LogP contribution in [0.2, 0.25) is 0 Å². The molecular weight excluding hydrogens is 482 g/mol. The smallest absolute Gasteiger partial charge is 0.299 e. The number of ether oxygens (including phenoxy) is 2. The highest BCUT2D eigenvalue weighted by molar-refractivity contribution is 5.76. The Kier molecular flexibility index (Phi) is 5.57. The van der Waals surface area contributed by atoms with Crippen molar-refractivity contribution in [2.24, 2.45) is 7.05 Å². The number of hydrogen-bond acceptors (Lipinski definition) is 7. The molecule has 0 saturated carbocycles. The van der Waals surface area contributed by atoms with Gasteiger partial charge in [-0.2, -0.15) is 15.1 Å². The number of benzene rings is 1. The van der Waals surface area contributed by atoms with Gasteiger partial charge in [0.1, 0.15) is 36.5 Å². The minimum absolute atomic E-state index is 0.118. The zero-order chi connectivity index (χ0) is 25.5. The SMILES string of the molecule is COc1ncnc2c1[NH+](c1cnc3nc(OCc4cnn(C)c4)n(Cc4cc(F)cc(F)c4)c3c1)C=C2. The van der Waals surface area contributed by atoms with Crippen molar-refractivity contribution in [3.63, 3.8) is 0 Å². The summed E-state index contributed by atoms with van der Waals surface area (Å²) in [6.45, 7) is 0.330. The zero-order valence-corrected chi connectivity index (χ0v) is 19.9. The van der Waals surface area contributed by atoms with E-state index in [2.05, 4.69) is 25.0 Å². The maximum atomic E-state index is 14.0. The Morgan fingerprint density at radius 3 is 2.59 bits per heavy atom. The summed E-state index contributed by atoms with van der Waals surface area (Å²) >= 11 is 0. The number of imidazole rings is 1. The van der Waals surface area contributed by atoms with Crippen molar-refractivity contribution in [3.05, 3.63) is 83.8 Å². The molecule has 0 spiro atoms. The van der Waals surface area contributed by atoms with Gasteiger partial charge in [0, 0.05) is 37.0 Å². The Bertz CT molecular complexity index is 1640. The van der Waals surface area contributed by atoms with Crippen LogP contribution in [-0.2, 0) is 20.2 Å². The molecule has 1 aliphatic heterocycles. The van der Waals surface area contributed by atoms with Crippen LogP contribution in [0.3, 0.4) is 0 Å². The van der Waals surface area contributed by atoms with Crippen molar-refractivity contribution in [2.75, 3.05) is 7.11 Å². The van der Waals surface area contributed by atoms with Crippen LogP contribution < -0.4 is 14.4 Å². The molecule has 5 heterocycles. The van der Waals surface area contributed by atoms with Gasteiger partial charge in [-0.05, 0) is 17.7 Å². The first kappa shape index (κ1) is 22.7. The monoisotopic (exact) mass is 503 g/mol. The van der Waals surface area contributed by atoms with Gasteiger partial charge in [-0.1, -0.05) is 0 Å². The molecule has 37 heavy (non-hydrogen) atoms. The highest BCUT2D eigenvalue weighted by atomic mass is 19.1. The fraction of sp³-hybridized carbons (Fsp3) is 0.160. The summed E-state index contributed by atoms with van der Waals surface area (Å²) < 4.78 is 42.8. The van der Waals surface area contributed by atoms with Crippen LogP contribution in [0.15, 0.2) is 55.4 Å². The average molecular weight is 503 g/mol. The van der Waals surface area contributed by atoms with Crippen molar-refractivity contribution in [1.82, 2.24) is 34.3 Å². The predicted octanol–water partition coefficient (Wildman–Crippen LogP) is 2.70. The van der Waals surface area contributed by atoms with Gasteiger partial charge in [0.2, 0.25) is 5.69 Å². The lowest BCUT2D eigenvalue weighted by Crippen LogP contribution is -2.96. The molecule has 0 saturated heterocycles. The molecule has 0 aliphatic carbocycles. The van der Waals surface area contributed by atoms with Crippen molar-refractivity contribution < 1.29 is 23.2 Å². The molecule has 0 radical (unpaired) electrons. The third kappa shape index (κ3) is 4.27. The maximum Gasteiger partial charge on any atom is 0.299 e. The summed E-state index contributed by atoms with van der Waals surface area (Å²) in [5, 5.41) is 4.15. The third-order valence-electron chi connectivity index (χ3n) is 5.98. The highest BCUT2D eigenvalue weighted by Crippen LogP contribution is 2.29. The van der Waals surface area contributed by atoms with Crippen LogP contribution in [0.4, 0.5) is 20.2 Å². The molecule has 1 aliphatic rings. The molecule has 1 atom stereocenters. The fourth-order valence-corrected chi connectivity index (χ4v) is 4.38. The molecule has 186 valence electrons. The van der Waals surface area contributed by atoms with Crippen LogP contribution in [0.1, 0.15) is 16.8 Å². The number of quaternary nitrogens is 1. The van der Waals surface area contributed by atoms with Gasteiger partial charge in [0.15, 0.2) is 11.3 Å². The van der Waals surface area contributed by atoms with E-state index in [1.165, 1.54) is 18.5 Å². The van der Waals surface area contributed by atoms with E-state index >= 15 is 0 Å². The van der Waals surface area contributed by atoms with Crippen molar-refractivity contribution in [2.45, 2.75) is 13.2 Å². The van der Waals surface area contributed by atoms with Gasteiger partial charge >= 0.3 is 0 Å². The van der Waals surface area contributed by atoms with E-state index in [1.807, 2.05) is 31.6 Å². The zero-order valence-electron chi connectivity index (χ0n) is 19.9. The Hall–Kier alpha value is -4.71. The molecule has 12 heteroatoms. The largest absolute Gasteiger partial charge is 0.477 e. The number of fused-ring (bicyclic) bond motifs is 2. The van der Waals surface area contributed by atoms with Gasteiger partial charge in [-0.25, -0.2) is 23.6 Å². The first-order chi connectivity index (χ1) is 18.0. The molecule has 1 unspecified atom stereocenters. The van der Waals surface area contributed by atoms with E-state index in [9.17, 15) is 8.78 Å². The van der Waals surface area contributed by atoms with Gasteiger partial charge < -0.3 is 9.47 Å². The number of nitrogens with one attached hydrogen (secondary N) is 1. The lowest BCUT2D eigenvalue weighted by Gasteiger charge is -2.13. The second-order valence-electron chi connectivity index (χ2n) is 8.53. The van der Waals surface area contributed by atoms with Crippen LogP contribution in [-0.4, -0.2) is 41.4 Å². The minimum Gasteiger partial charge on any atom is -0.477 e. The second-order valence-corrected chi connectivity index (χ2v) is 8.53. The number of halogens is 2. The maximum absolute atomic E-state index is 14.0. The van der Waals surface area contributed by atoms with E-state index in [4.69, 9.17) is 9.47 Å². The molecule has 0 bridgehead atoms. The molecule has 4 aromatic heterocycles. The van der Waals surface area contributed by atoms with Crippen LogP contribution in [0, 0.1) is 11.6 Å². The lowest BCUT2D eigenvalue weighted by atomic mass is 10.2. The second kappa shape index (κ2) is 9.06. The first-order valence-corrected chi connectivity index (χ1v) is 11.3. The number of aryl methyl sites for hydroxylation is 1. The molecule has 1 aromatic carbocycles. The Morgan fingerprint density at radius 2 is 1.84 bits per heavy atom. The van der Waals surface area contributed by atoms with Crippen LogP contribution in [0.25, 0.3) is 17.2 Å². The van der Waals surface area contributed by atoms with Crippen molar-refractivity contribution in [1.29, 1.82) is 0 Å². The molecule has 6 rings (SSSR count). The topological polar surface area (TPSA) is 97.2 Å². The van der Waals surface area contributed by atoms with Crippen LogP contribution >= 0.6 is 0 Å². The number of rotatable bonds is 7. The van der Waals surface area contributed by atoms with Gasteiger partial charge in [-0.3, -0.25) is 9.25 Å². The molecule has 1 N–H and O–H groups in total. The van der Waals surface area contributed by atoms with E-state index < -0.39 is 11.6 Å². The number of methoxy groups -OCH3 is 1. The molecule has 0 fully saturated rings. The molecule has 5 aromatic rings. The minimum atomic E-state index is -0.661. The lowest BCUT2D eigenvalue weighted by molar-refractivity contribution is -0.694. The van der Waals surface area contributed by atoms with Gasteiger partial charge in [0.25, 0.3) is 11.9 Å². The summed E-state index contributed by atoms with van der Waals surface area (Å²) in [7, 11) is 3.37. The Labute approximate surface area is 209 Å². The summed E-state index contributed by atoms with van der Waals surface area (Å²) in [5.41, 5.74) is 4.61. The summed E-state index contributed by atoms with van der Waals surface area (Å²) in [4.78, 5) is 18.5. The predicted molar refractivity (Wildman–Crippen MR) is 128 cm³/mol. The Morgan fingerprint density at radius 1 is 1.00 bits per heavy atom. The average Bonchev–Trinajstić information content (AvgIpc) is 3.59. The van der Waals surface area contributed by atoms with E-state index in [0.717, 1.165) is 33.6 Å². The highest BCUT2D eigenvalue weighted by Gasteiger charge is 2.30. The van der Waals surface area contributed by atoms with Crippen molar-refractivity contribution in [3.8, 4) is 11.9 Å². The number of pyridine rings is 1.